The quantitative estimate of drug-likeness (QED) is 0.621. The van der Waals surface area contributed by atoms with Crippen molar-refractivity contribution in [3.8, 4) is 0 Å². The maximum Gasteiger partial charge on any atom is 2.00 e. The molecule has 0 aromatic heterocycles. The van der Waals surface area contributed by atoms with Gasteiger partial charge in [-0.15, -0.1) is 0 Å². The van der Waals surface area contributed by atoms with Crippen LogP contribution in [0.15, 0.2) is 28.7 Å². The molecule has 0 radical (unpaired) electrons. The summed E-state index contributed by atoms with van der Waals surface area (Å²) in [5.41, 5.74) is -0.639. The fourth-order valence-corrected chi connectivity index (χ4v) is 1.20. The Morgan fingerprint density at radius 2 is 1.67 bits per heavy atom. The first-order chi connectivity index (χ1) is 5.02. The molecule has 0 aliphatic heterocycles. The summed E-state index contributed by atoms with van der Waals surface area (Å²) >= 11 is 2.81. The molecule has 5 heteroatoms. The molecule has 0 N–H and O–H groups in total. The summed E-state index contributed by atoms with van der Waals surface area (Å²) in [4.78, 5) is 0. The standard InChI is InChI=1S/C7H4BrF3.Mg.2H/c8-6-4-2-1-3-5(6)7(9,10)11;;;/h1-4H;;;/q;+2;2*-1. The van der Waals surface area contributed by atoms with Crippen molar-refractivity contribution >= 4 is 39.0 Å². The number of halogens is 4. The summed E-state index contributed by atoms with van der Waals surface area (Å²) in [6.45, 7) is 0. The zero-order valence-electron chi connectivity index (χ0n) is 8.03. The second-order valence-corrected chi connectivity index (χ2v) is 2.83. The van der Waals surface area contributed by atoms with Crippen LogP contribution in [0.4, 0.5) is 13.2 Å². The molecule has 0 aliphatic carbocycles. The second kappa shape index (κ2) is 4.48. The largest absolute Gasteiger partial charge is 2.00 e. The predicted octanol–water partition coefficient (Wildman–Crippen LogP) is 3.31. The van der Waals surface area contributed by atoms with Gasteiger partial charge in [-0.1, -0.05) is 28.1 Å². The molecule has 1 aromatic carbocycles. The van der Waals surface area contributed by atoms with Crippen LogP contribution >= 0.6 is 15.9 Å². The Hall–Kier alpha value is 0.256. The van der Waals surface area contributed by atoms with E-state index in [1.54, 1.807) is 6.07 Å². The molecular formula is C7H6BrF3Mg. The summed E-state index contributed by atoms with van der Waals surface area (Å²) in [6, 6.07) is 5.29. The minimum Gasteiger partial charge on any atom is -1.00 e. The Labute approximate surface area is 95.4 Å². The molecule has 0 atom stereocenters. The Kier molecular flexibility index (Phi) is 4.58. The van der Waals surface area contributed by atoms with Crippen LogP contribution in [0, 0.1) is 0 Å². The van der Waals surface area contributed by atoms with E-state index in [9.17, 15) is 13.2 Å². The monoisotopic (exact) mass is 250 g/mol. The maximum absolute atomic E-state index is 12.0. The summed E-state index contributed by atoms with van der Waals surface area (Å²) in [6.07, 6.45) is -4.26. The van der Waals surface area contributed by atoms with Crippen LogP contribution in [-0.2, 0) is 6.18 Å². The van der Waals surface area contributed by atoms with Crippen molar-refractivity contribution in [3.63, 3.8) is 0 Å². The molecule has 0 fully saturated rings. The summed E-state index contributed by atoms with van der Waals surface area (Å²) < 4.78 is 36.1. The number of rotatable bonds is 0. The zero-order chi connectivity index (χ0) is 8.48. The summed E-state index contributed by atoms with van der Waals surface area (Å²) in [5.74, 6) is 0. The van der Waals surface area contributed by atoms with Gasteiger partial charge in [0.25, 0.3) is 0 Å². The van der Waals surface area contributed by atoms with Gasteiger partial charge in [0.2, 0.25) is 0 Å². The minimum atomic E-state index is -4.26. The van der Waals surface area contributed by atoms with E-state index in [1.807, 2.05) is 0 Å². The van der Waals surface area contributed by atoms with Gasteiger partial charge in [0.1, 0.15) is 0 Å². The van der Waals surface area contributed by atoms with Crippen LogP contribution < -0.4 is 0 Å². The molecule has 0 saturated carbocycles. The van der Waals surface area contributed by atoms with Crippen LogP contribution in [0.5, 0.6) is 0 Å². The summed E-state index contributed by atoms with van der Waals surface area (Å²) in [7, 11) is 0. The van der Waals surface area contributed by atoms with E-state index in [0.29, 0.717) is 0 Å². The average molecular weight is 251 g/mol. The molecular weight excluding hydrogens is 245 g/mol. The average Bonchev–Trinajstić information content (AvgIpc) is 1.86. The Morgan fingerprint density at radius 1 is 1.17 bits per heavy atom. The molecule has 1 rings (SSSR count). The van der Waals surface area contributed by atoms with Gasteiger partial charge in [-0.05, 0) is 12.1 Å². The topological polar surface area (TPSA) is 0 Å². The smallest absolute Gasteiger partial charge is 1.00 e. The van der Waals surface area contributed by atoms with Crippen molar-refractivity contribution in [1.29, 1.82) is 0 Å². The van der Waals surface area contributed by atoms with Crippen molar-refractivity contribution in [2.24, 2.45) is 0 Å². The third-order valence-electron chi connectivity index (χ3n) is 1.18. The van der Waals surface area contributed by atoms with Crippen LogP contribution in [-0.4, -0.2) is 23.1 Å². The molecule has 0 aliphatic rings. The van der Waals surface area contributed by atoms with Crippen LogP contribution in [0.1, 0.15) is 8.42 Å². The molecule has 0 saturated heterocycles. The fraction of sp³-hybridized carbons (Fsp3) is 0.143. The third kappa shape index (κ3) is 2.95. The maximum atomic E-state index is 12.0. The van der Waals surface area contributed by atoms with Crippen molar-refractivity contribution < 1.29 is 16.0 Å². The van der Waals surface area contributed by atoms with Gasteiger partial charge >= 0.3 is 29.2 Å². The first-order valence-corrected chi connectivity index (χ1v) is 3.63. The molecule has 0 spiro atoms. The first kappa shape index (κ1) is 12.3. The van der Waals surface area contributed by atoms with Crippen molar-refractivity contribution in [2.45, 2.75) is 6.18 Å². The van der Waals surface area contributed by atoms with E-state index < -0.39 is 11.7 Å². The number of alkyl halides is 3. The van der Waals surface area contributed by atoms with Gasteiger partial charge in [-0.3, -0.25) is 0 Å². The van der Waals surface area contributed by atoms with E-state index >= 15 is 0 Å². The van der Waals surface area contributed by atoms with Gasteiger partial charge in [0.05, 0.1) is 5.56 Å². The predicted molar refractivity (Wildman–Crippen MR) is 47.1 cm³/mol. The normalized spacial score (nSPS) is 10.7. The van der Waals surface area contributed by atoms with E-state index in [4.69, 9.17) is 0 Å². The van der Waals surface area contributed by atoms with Gasteiger partial charge < -0.3 is 2.85 Å². The van der Waals surface area contributed by atoms with Gasteiger partial charge in [-0.25, -0.2) is 0 Å². The molecule has 0 unspecified atom stereocenters. The van der Waals surface area contributed by atoms with Gasteiger partial charge in [0.15, 0.2) is 0 Å². The van der Waals surface area contributed by atoms with Crippen molar-refractivity contribution in [1.82, 2.24) is 0 Å². The number of hydrogen-bond acceptors (Lipinski definition) is 0. The zero-order valence-corrected chi connectivity index (χ0v) is 9.03. The Bertz CT molecular complexity index is 267. The SMILES string of the molecule is FC(F)(F)c1ccccc1Br.[H-].[H-].[Mg+2]. The minimum absolute atomic E-state index is 0. The number of hydrogen-bond donors (Lipinski definition) is 0. The molecule has 1 aromatic rings. The van der Waals surface area contributed by atoms with Gasteiger partial charge in [0, 0.05) is 4.47 Å². The molecule has 0 heterocycles. The number of benzene rings is 1. The van der Waals surface area contributed by atoms with Crippen LogP contribution in [0.3, 0.4) is 0 Å². The van der Waals surface area contributed by atoms with E-state index in [0.717, 1.165) is 6.07 Å². The Morgan fingerprint density at radius 3 is 2.00 bits per heavy atom. The summed E-state index contributed by atoms with van der Waals surface area (Å²) in [5, 5.41) is 0. The van der Waals surface area contributed by atoms with E-state index in [2.05, 4.69) is 15.9 Å². The first-order valence-electron chi connectivity index (χ1n) is 2.83. The van der Waals surface area contributed by atoms with E-state index in [1.165, 1.54) is 12.1 Å². The van der Waals surface area contributed by atoms with Gasteiger partial charge in [-0.2, -0.15) is 13.2 Å². The fourth-order valence-electron chi connectivity index (χ4n) is 0.691. The Balaban J connectivity index is -0.000000403. The third-order valence-corrected chi connectivity index (χ3v) is 1.87. The second-order valence-electron chi connectivity index (χ2n) is 1.98. The molecule has 0 nitrogen and oxygen atoms in total. The molecule has 0 amide bonds. The molecule has 64 valence electrons. The van der Waals surface area contributed by atoms with Crippen molar-refractivity contribution in [2.75, 3.05) is 0 Å². The van der Waals surface area contributed by atoms with Crippen LogP contribution in [0.2, 0.25) is 0 Å². The van der Waals surface area contributed by atoms with Crippen LogP contribution in [0.25, 0.3) is 0 Å². The van der Waals surface area contributed by atoms with E-state index in [-0.39, 0.29) is 30.4 Å². The molecule has 0 bridgehead atoms. The van der Waals surface area contributed by atoms with Crippen molar-refractivity contribution in [3.05, 3.63) is 34.3 Å². The molecule has 12 heavy (non-hydrogen) atoms.